The minimum absolute atomic E-state index is 0.0518. The lowest BCUT2D eigenvalue weighted by molar-refractivity contribution is 0.264. The number of benzene rings is 1. The average Bonchev–Trinajstić information content (AvgIpc) is 2.99. The highest BCUT2D eigenvalue weighted by Crippen LogP contribution is 2.27. The van der Waals surface area contributed by atoms with Gasteiger partial charge in [-0.2, -0.15) is 0 Å². The molecular weight excluding hydrogens is 406 g/mol. The van der Waals surface area contributed by atoms with Gasteiger partial charge < -0.3 is 14.0 Å². The van der Waals surface area contributed by atoms with Gasteiger partial charge in [-0.25, -0.2) is 13.1 Å². The van der Waals surface area contributed by atoms with E-state index in [1.165, 1.54) is 6.26 Å². The number of nitrogens with zero attached hydrogens (tertiary/aromatic N) is 4. The summed E-state index contributed by atoms with van der Waals surface area (Å²) in [7, 11) is -0.0606. The molecule has 30 heavy (non-hydrogen) atoms. The Bertz CT molecular complexity index is 974. The van der Waals surface area contributed by atoms with Gasteiger partial charge in [0.1, 0.15) is 17.3 Å². The van der Waals surface area contributed by atoms with Crippen LogP contribution in [0.4, 0.5) is 0 Å². The molecular formula is C20H31N5O4S. The summed E-state index contributed by atoms with van der Waals surface area (Å²) in [6, 6.07) is 5.45. The molecule has 1 aromatic carbocycles. The topological polar surface area (TPSA) is 98.6 Å². The van der Waals surface area contributed by atoms with Crippen molar-refractivity contribution in [3.63, 3.8) is 0 Å². The molecule has 0 amide bonds. The Morgan fingerprint density at radius 3 is 2.53 bits per heavy atom. The number of fused-ring (bicyclic) bond motifs is 1. The minimum atomic E-state index is -3.36. The molecule has 0 saturated carbocycles. The lowest BCUT2D eigenvalue weighted by Crippen LogP contribution is -2.33. The van der Waals surface area contributed by atoms with Gasteiger partial charge >= 0.3 is 0 Å². The van der Waals surface area contributed by atoms with Crippen molar-refractivity contribution >= 4 is 10.0 Å². The van der Waals surface area contributed by atoms with Crippen LogP contribution in [0.5, 0.6) is 11.5 Å². The van der Waals surface area contributed by atoms with Crippen molar-refractivity contribution in [1.29, 1.82) is 0 Å². The van der Waals surface area contributed by atoms with Crippen LogP contribution in [0.25, 0.3) is 0 Å². The number of rotatable bonds is 8. The maximum atomic E-state index is 11.8. The molecule has 166 valence electrons. The van der Waals surface area contributed by atoms with Crippen molar-refractivity contribution in [2.24, 2.45) is 5.92 Å². The van der Waals surface area contributed by atoms with E-state index < -0.39 is 16.1 Å². The Labute approximate surface area is 178 Å². The van der Waals surface area contributed by atoms with Crippen molar-refractivity contribution in [2.75, 3.05) is 33.6 Å². The van der Waals surface area contributed by atoms with Crippen molar-refractivity contribution in [3.05, 3.63) is 35.4 Å². The predicted molar refractivity (Wildman–Crippen MR) is 114 cm³/mol. The number of aromatic nitrogens is 3. The second-order valence-corrected chi connectivity index (χ2v) is 9.72. The Balaban J connectivity index is 1.77. The molecule has 0 unspecified atom stereocenters. The summed E-state index contributed by atoms with van der Waals surface area (Å²) in [4.78, 5) is 2.34. The first kappa shape index (κ1) is 22.5. The van der Waals surface area contributed by atoms with Gasteiger partial charge in [-0.15, -0.1) is 10.2 Å². The monoisotopic (exact) mass is 437 g/mol. The van der Waals surface area contributed by atoms with Gasteiger partial charge in [-0.1, -0.05) is 19.9 Å². The molecule has 0 bridgehead atoms. The van der Waals surface area contributed by atoms with Crippen molar-refractivity contribution in [1.82, 2.24) is 24.4 Å². The fourth-order valence-electron chi connectivity index (χ4n) is 3.72. The normalized spacial score (nSPS) is 16.2. The van der Waals surface area contributed by atoms with E-state index in [2.05, 4.69) is 24.4 Å². The van der Waals surface area contributed by atoms with Gasteiger partial charge in [0.25, 0.3) is 0 Å². The van der Waals surface area contributed by atoms with Gasteiger partial charge in [0.05, 0.1) is 26.5 Å². The average molecular weight is 438 g/mol. The fraction of sp³-hybridized carbons (Fsp3) is 0.600. The molecule has 1 N–H and O–H groups in total. The third-order valence-corrected chi connectivity index (χ3v) is 6.00. The molecule has 3 rings (SSSR count). The highest BCUT2D eigenvalue weighted by Gasteiger charge is 2.28. The van der Waals surface area contributed by atoms with E-state index in [0.29, 0.717) is 12.4 Å². The van der Waals surface area contributed by atoms with Crippen molar-refractivity contribution in [3.8, 4) is 11.5 Å². The molecule has 1 aromatic heterocycles. The highest BCUT2D eigenvalue weighted by atomic mass is 32.2. The summed E-state index contributed by atoms with van der Waals surface area (Å²) < 4.78 is 39.3. The van der Waals surface area contributed by atoms with Crippen LogP contribution < -0.4 is 14.2 Å². The first-order chi connectivity index (χ1) is 14.2. The molecule has 0 saturated heterocycles. The fourth-order valence-corrected chi connectivity index (χ4v) is 4.56. The van der Waals surface area contributed by atoms with Gasteiger partial charge in [0.2, 0.25) is 10.0 Å². The quantitative estimate of drug-likeness (QED) is 0.670. The number of methoxy groups -OCH3 is 2. The highest BCUT2D eigenvalue weighted by molar-refractivity contribution is 7.88. The Kier molecular flexibility index (Phi) is 6.99. The molecule has 0 aliphatic carbocycles. The number of hydrogen-bond acceptors (Lipinski definition) is 7. The van der Waals surface area contributed by atoms with Crippen molar-refractivity contribution < 1.29 is 17.9 Å². The van der Waals surface area contributed by atoms with E-state index in [-0.39, 0.29) is 5.92 Å². The van der Waals surface area contributed by atoms with Gasteiger partial charge in [0, 0.05) is 44.2 Å². The summed E-state index contributed by atoms with van der Waals surface area (Å²) in [5.41, 5.74) is 1.09. The van der Waals surface area contributed by atoms with Gasteiger partial charge in [-0.3, -0.25) is 4.90 Å². The Hall–Kier alpha value is -2.17. The second kappa shape index (κ2) is 9.32. The summed E-state index contributed by atoms with van der Waals surface area (Å²) in [5, 5.41) is 8.69. The zero-order valence-electron chi connectivity index (χ0n) is 18.3. The lowest BCUT2D eigenvalue weighted by atomic mass is 10.1. The smallest absolute Gasteiger partial charge is 0.209 e. The molecule has 1 aliphatic rings. The zero-order chi connectivity index (χ0) is 21.9. The predicted octanol–water partition coefficient (Wildman–Crippen LogP) is 1.60. The van der Waals surface area contributed by atoms with Crippen LogP contribution >= 0.6 is 0 Å². The van der Waals surface area contributed by atoms with Crippen LogP contribution in [-0.2, 0) is 29.5 Å². The van der Waals surface area contributed by atoms with Gasteiger partial charge in [0.15, 0.2) is 5.82 Å². The van der Waals surface area contributed by atoms with E-state index in [9.17, 15) is 8.42 Å². The van der Waals surface area contributed by atoms with E-state index in [4.69, 9.17) is 9.47 Å². The molecule has 9 nitrogen and oxygen atoms in total. The van der Waals surface area contributed by atoms with Crippen molar-refractivity contribution in [2.45, 2.75) is 39.4 Å². The summed E-state index contributed by atoms with van der Waals surface area (Å²) in [6.45, 7) is 7.03. The maximum absolute atomic E-state index is 11.8. The third-order valence-electron chi connectivity index (χ3n) is 5.32. The molecule has 1 aliphatic heterocycles. The maximum Gasteiger partial charge on any atom is 0.209 e. The standard InChI is InChI=1S/C20H31N5O4S/c1-14(2)19(23-30(5,26)27)20-22-21-18-8-9-24(10-11-25(18)20)13-15-6-7-16(28-3)12-17(15)29-4/h6-7,12,14,19,23H,8-11,13H2,1-5H3/t19-/m1/s1. The van der Waals surface area contributed by atoms with Crippen LogP contribution in [0, 0.1) is 5.92 Å². The summed E-state index contributed by atoms with van der Waals surface area (Å²) in [5.74, 6) is 3.18. The van der Waals surface area contributed by atoms with E-state index in [0.717, 1.165) is 48.9 Å². The number of nitrogens with one attached hydrogen (secondary N) is 1. The first-order valence-corrected chi connectivity index (χ1v) is 11.9. The molecule has 0 fully saturated rings. The molecule has 0 spiro atoms. The SMILES string of the molecule is COc1ccc(CN2CCc3nnc([C@H](NS(C)(=O)=O)C(C)C)n3CC2)c(OC)c1. The third kappa shape index (κ3) is 5.30. The van der Waals surface area contributed by atoms with Crippen LogP contribution in [0.2, 0.25) is 0 Å². The molecule has 0 radical (unpaired) electrons. The van der Waals surface area contributed by atoms with E-state index in [1.54, 1.807) is 14.2 Å². The summed E-state index contributed by atoms with van der Waals surface area (Å²) >= 11 is 0. The molecule has 2 heterocycles. The first-order valence-electron chi connectivity index (χ1n) is 10.0. The Morgan fingerprint density at radius 1 is 1.13 bits per heavy atom. The molecule has 10 heteroatoms. The minimum Gasteiger partial charge on any atom is -0.497 e. The molecule has 2 aromatic rings. The van der Waals surface area contributed by atoms with Crippen LogP contribution in [0.15, 0.2) is 18.2 Å². The number of hydrogen-bond donors (Lipinski definition) is 1. The summed E-state index contributed by atoms with van der Waals surface area (Å²) in [6.07, 6.45) is 1.92. The second-order valence-electron chi connectivity index (χ2n) is 7.94. The zero-order valence-corrected chi connectivity index (χ0v) is 19.1. The van der Waals surface area contributed by atoms with Gasteiger partial charge in [-0.05, 0) is 12.0 Å². The largest absolute Gasteiger partial charge is 0.497 e. The van der Waals surface area contributed by atoms with Crippen LogP contribution in [-0.4, -0.2) is 61.6 Å². The van der Waals surface area contributed by atoms with Crippen LogP contribution in [0.1, 0.15) is 37.1 Å². The van der Waals surface area contributed by atoms with Crippen LogP contribution in [0.3, 0.4) is 0 Å². The lowest BCUT2D eigenvalue weighted by Gasteiger charge is -2.23. The molecule has 1 atom stereocenters. The van der Waals surface area contributed by atoms with E-state index in [1.807, 2.05) is 32.0 Å². The Morgan fingerprint density at radius 2 is 1.90 bits per heavy atom. The number of sulfonamides is 1. The van der Waals surface area contributed by atoms with E-state index >= 15 is 0 Å². The number of ether oxygens (including phenoxy) is 2.